The molecule has 24 heavy (non-hydrogen) atoms. The minimum Gasteiger partial charge on any atom is -0.350 e. The Morgan fingerprint density at radius 3 is 2.58 bits per heavy atom. The summed E-state index contributed by atoms with van der Waals surface area (Å²) < 4.78 is 13.1. The van der Waals surface area contributed by atoms with Gasteiger partial charge in [-0.15, -0.1) is 0 Å². The third-order valence-corrected chi connectivity index (χ3v) is 3.76. The summed E-state index contributed by atoms with van der Waals surface area (Å²) in [6.07, 6.45) is 1.62. The van der Waals surface area contributed by atoms with E-state index in [0.29, 0.717) is 11.4 Å². The first kappa shape index (κ1) is 17.9. The lowest BCUT2D eigenvalue weighted by atomic mass is 9.91. The molecule has 0 unspecified atom stereocenters. The number of hydrogen-bond acceptors (Lipinski definition) is 3. The van der Waals surface area contributed by atoms with Gasteiger partial charge >= 0.3 is 0 Å². The number of carbonyl (C=O) groups excluding carboxylic acids is 2. The molecule has 0 saturated carbocycles. The van der Waals surface area contributed by atoms with Crippen LogP contribution in [0.15, 0.2) is 42.6 Å². The van der Waals surface area contributed by atoms with E-state index in [0.717, 1.165) is 6.07 Å². The van der Waals surface area contributed by atoms with Gasteiger partial charge in [0.1, 0.15) is 11.2 Å². The molecule has 5 nitrogen and oxygen atoms in total. The second kappa shape index (κ2) is 7.40. The Hall–Kier alpha value is -2.47. The second-order valence-electron chi connectivity index (χ2n) is 5.71. The van der Waals surface area contributed by atoms with Crippen molar-refractivity contribution in [3.05, 3.63) is 59.1 Å². The molecule has 1 aromatic carbocycles. The number of halogens is 2. The zero-order chi connectivity index (χ0) is 17.7. The van der Waals surface area contributed by atoms with Gasteiger partial charge in [0, 0.05) is 11.9 Å². The van der Waals surface area contributed by atoms with Gasteiger partial charge in [-0.2, -0.15) is 0 Å². The van der Waals surface area contributed by atoms with E-state index in [1.807, 2.05) is 6.07 Å². The van der Waals surface area contributed by atoms with E-state index in [4.69, 9.17) is 11.6 Å². The standard InChI is InChI=1S/C17H17ClFN3O2/c1-17(2,15(23)21-10-12-5-3-4-8-20-12)16(24)22-11-6-7-14(19)13(18)9-11/h3-9H,10H2,1-2H3,(H,21,23)(H,22,24). The van der Waals surface area contributed by atoms with Crippen molar-refractivity contribution in [3.8, 4) is 0 Å². The lowest BCUT2D eigenvalue weighted by Gasteiger charge is -2.22. The summed E-state index contributed by atoms with van der Waals surface area (Å²) in [7, 11) is 0. The van der Waals surface area contributed by atoms with Crippen molar-refractivity contribution < 1.29 is 14.0 Å². The van der Waals surface area contributed by atoms with Gasteiger partial charge in [-0.3, -0.25) is 14.6 Å². The van der Waals surface area contributed by atoms with Crippen molar-refractivity contribution in [1.82, 2.24) is 10.3 Å². The van der Waals surface area contributed by atoms with E-state index in [1.54, 1.807) is 18.3 Å². The predicted octanol–water partition coefficient (Wildman–Crippen LogP) is 3.16. The van der Waals surface area contributed by atoms with E-state index in [-0.39, 0.29) is 11.6 Å². The van der Waals surface area contributed by atoms with E-state index < -0.39 is 23.0 Å². The van der Waals surface area contributed by atoms with Crippen LogP contribution in [0.1, 0.15) is 19.5 Å². The Kier molecular flexibility index (Phi) is 5.51. The van der Waals surface area contributed by atoms with E-state index >= 15 is 0 Å². The van der Waals surface area contributed by atoms with Gasteiger partial charge in [-0.25, -0.2) is 4.39 Å². The van der Waals surface area contributed by atoms with E-state index in [1.165, 1.54) is 26.0 Å². The Morgan fingerprint density at radius 1 is 1.21 bits per heavy atom. The Labute approximate surface area is 144 Å². The quantitative estimate of drug-likeness (QED) is 0.814. The maximum atomic E-state index is 13.1. The van der Waals surface area contributed by atoms with Crippen LogP contribution in [0.2, 0.25) is 5.02 Å². The molecular weight excluding hydrogens is 333 g/mol. The van der Waals surface area contributed by atoms with Crippen molar-refractivity contribution in [3.63, 3.8) is 0 Å². The summed E-state index contributed by atoms with van der Waals surface area (Å²) >= 11 is 5.68. The third-order valence-electron chi connectivity index (χ3n) is 3.47. The topological polar surface area (TPSA) is 71.1 Å². The molecule has 7 heteroatoms. The highest BCUT2D eigenvalue weighted by Gasteiger charge is 2.36. The van der Waals surface area contributed by atoms with Gasteiger partial charge in [-0.05, 0) is 44.2 Å². The molecular formula is C17H17ClFN3O2. The number of rotatable bonds is 5. The van der Waals surface area contributed by atoms with Crippen LogP contribution < -0.4 is 10.6 Å². The van der Waals surface area contributed by atoms with E-state index in [2.05, 4.69) is 15.6 Å². The zero-order valence-electron chi connectivity index (χ0n) is 13.3. The number of aromatic nitrogens is 1. The molecule has 0 aliphatic carbocycles. The molecule has 126 valence electrons. The van der Waals surface area contributed by atoms with Gasteiger partial charge in [0.15, 0.2) is 0 Å². The van der Waals surface area contributed by atoms with Crippen molar-refractivity contribution in [1.29, 1.82) is 0 Å². The number of amides is 2. The summed E-state index contributed by atoms with van der Waals surface area (Å²) in [5.74, 6) is -1.55. The highest BCUT2D eigenvalue weighted by atomic mass is 35.5. The molecule has 0 radical (unpaired) electrons. The van der Waals surface area contributed by atoms with Crippen LogP contribution in [-0.2, 0) is 16.1 Å². The summed E-state index contributed by atoms with van der Waals surface area (Å²) in [6, 6.07) is 9.17. The lowest BCUT2D eigenvalue weighted by Crippen LogP contribution is -2.45. The van der Waals surface area contributed by atoms with Gasteiger partial charge in [0.05, 0.1) is 17.3 Å². The maximum Gasteiger partial charge on any atom is 0.239 e. The third kappa shape index (κ3) is 4.29. The van der Waals surface area contributed by atoms with Gasteiger partial charge < -0.3 is 10.6 Å². The number of nitrogens with one attached hydrogen (secondary N) is 2. The normalized spacial score (nSPS) is 11.0. The number of carbonyl (C=O) groups is 2. The molecule has 1 aromatic heterocycles. The van der Waals surface area contributed by atoms with Gasteiger partial charge in [0.25, 0.3) is 0 Å². The van der Waals surface area contributed by atoms with Gasteiger partial charge in [0.2, 0.25) is 11.8 Å². The van der Waals surface area contributed by atoms with Crippen LogP contribution in [0.25, 0.3) is 0 Å². The van der Waals surface area contributed by atoms with E-state index in [9.17, 15) is 14.0 Å². The molecule has 0 fully saturated rings. The first-order valence-electron chi connectivity index (χ1n) is 7.25. The van der Waals surface area contributed by atoms with Crippen LogP contribution in [0, 0.1) is 11.2 Å². The molecule has 0 spiro atoms. The monoisotopic (exact) mass is 349 g/mol. The molecule has 1 heterocycles. The smallest absolute Gasteiger partial charge is 0.239 e. The van der Waals surface area contributed by atoms with Crippen molar-refractivity contribution in [2.45, 2.75) is 20.4 Å². The first-order valence-corrected chi connectivity index (χ1v) is 7.63. The summed E-state index contributed by atoms with van der Waals surface area (Å²) in [5.41, 5.74) is -0.320. The zero-order valence-corrected chi connectivity index (χ0v) is 14.0. The number of benzene rings is 1. The molecule has 0 atom stereocenters. The van der Waals surface area contributed by atoms with Crippen LogP contribution in [0.4, 0.5) is 10.1 Å². The largest absolute Gasteiger partial charge is 0.350 e. The maximum absolute atomic E-state index is 13.1. The molecule has 2 rings (SSSR count). The fourth-order valence-electron chi connectivity index (χ4n) is 1.86. The lowest BCUT2D eigenvalue weighted by molar-refractivity contribution is -0.138. The molecule has 2 amide bonds. The Balaban J connectivity index is 2.00. The fourth-order valence-corrected chi connectivity index (χ4v) is 2.04. The van der Waals surface area contributed by atoms with Crippen LogP contribution in [0.3, 0.4) is 0 Å². The number of anilines is 1. The van der Waals surface area contributed by atoms with Crippen molar-refractivity contribution in [2.75, 3.05) is 5.32 Å². The predicted molar refractivity (Wildman–Crippen MR) is 89.9 cm³/mol. The Morgan fingerprint density at radius 2 is 1.96 bits per heavy atom. The van der Waals surface area contributed by atoms with Crippen LogP contribution in [0.5, 0.6) is 0 Å². The summed E-state index contributed by atoms with van der Waals surface area (Å²) in [6.45, 7) is 3.22. The molecule has 0 saturated heterocycles. The first-order chi connectivity index (χ1) is 11.3. The van der Waals surface area contributed by atoms with Gasteiger partial charge in [-0.1, -0.05) is 17.7 Å². The summed E-state index contributed by atoms with van der Waals surface area (Å²) in [5, 5.41) is 5.13. The second-order valence-corrected chi connectivity index (χ2v) is 6.12. The highest BCUT2D eigenvalue weighted by molar-refractivity contribution is 6.31. The fraction of sp³-hybridized carbons (Fsp3) is 0.235. The van der Waals surface area contributed by atoms with Crippen LogP contribution >= 0.6 is 11.6 Å². The summed E-state index contributed by atoms with van der Waals surface area (Å²) in [4.78, 5) is 28.8. The number of hydrogen-bond donors (Lipinski definition) is 2. The molecule has 2 aromatic rings. The average Bonchev–Trinajstić information content (AvgIpc) is 2.56. The molecule has 0 aliphatic rings. The number of nitrogens with zero attached hydrogens (tertiary/aromatic N) is 1. The minimum atomic E-state index is -1.32. The van der Waals surface area contributed by atoms with Crippen LogP contribution in [-0.4, -0.2) is 16.8 Å². The molecule has 0 bridgehead atoms. The van der Waals surface area contributed by atoms with Crippen molar-refractivity contribution >= 4 is 29.1 Å². The average molecular weight is 350 g/mol. The Bertz CT molecular complexity index is 751. The highest BCUT2D eigenvalue weighted by Crippen LogP contribution is 2.23. The molecule has 0 aliphatic heterocycles. The minimum absolute atomic E-state index is 0.106. The SMILES string of the molecule is CC(C)(C(=O)NCc1ccccn1)C(=O)Nc1ccc(F)c(Cl)c1. The van der Waals surface area contributed by atoms with Crippen molar-refractivity contribution in [2.24, 2.45) is 5.41 Å². The number of pyridine rings is 1. The molecule has 2 N–H and O–H groups in total.